The molecule has 28 heavy (non-hydrogen) atoms. The standard InChI is InChI=1S/C22H25N3O2S/c1-14(2)16-9-5-7-11-18(16)23-20(26)13-28-22-24-19-12-8-6-10-17(19)21(27)25(22)15(3)4/h5-12,14-15H,13H2,1-4H3,(H,23,26). The highest BCUT2D eigenvalue weighted by molar-refractivity contribution is 7.99. The normalized spacial score (nSPS) is 11.4. The van der Waals surface area contributed by atoms with Crippen molar-refractivity contribution in [1.82, 2.24) is 9.55 Å². The summed E-state index contributed by atoms with van der Waals surface area (Å²) in [6.45, 7) is 8.09. The predicted octanol–water partition coefficient (Wildman–Crippen LogP) is 4.83. The number of fused-ring (bicyclic) bond motifs is 1. The number of carbonyl (C=O) groups is 1. The zero-order valence-corrected chi connectivity index (χ0v) is 17.4. The molecule has 0 bridgehead atoms. The Morgan fingerprint density at radius 1 is 1.07 bits per heavy atom. The summed E-state index contributed by atoms with van der Waals surface area (Å²) in [4.78, 5) is 30.0. The molecule has 0 unspecified atom stereocenters. The van der Waals surface area contributed by atoms with Crippen molar-refractivity contribution >= 4 is 34.3 Å². The molecule has 0 spiro atoms. The molecular formula is C22H25N3O2S. The molecule has 0 atom stereocenters. The van der Waals surface area contributed by atoms with E-state index >= 15 is 0 Å². The largest absolute Gasteiger partial charge is 0.325 e. The van der Waals surface area contributed by atoms with Crippen molar-refractivity contribution in [2.24, 2.45) is 0 Å². The molecule has 0 saturated heterocycles. The van der Waals surface area contributed by atoms with Crippen LogP contribution in [0, 0.1) is 0 Å². The number of thioether (sulfide) groups is 1. The monoisotopic (exact) mass is 395 g/mol. The number of aromatic nitrogens is 2. The van der Waals surface area contributed by atoms with Crippen molar-refractivity contribution in [3.05, 3.63) is 64.4 Å². The highest BCUT2D eigenvalue weighted by Crippen LogP contribution is 2.25. The van der Waals surface area contributed by atoms with Gasteiger partial charge in [0.25, 0.3) is 5.56 Å². The summed E-state index contributed by atoms with van der Waals surface area (Å²) >= 11 is 1.29. The quantitative estimate of drug-likeness (QED) is 0.479. The first-order valence-electron chi connectivity index (χ1n) is 9.41. The van der Waals surface area contributed by atoms with Gasteiger partial charge in [-0.1, -0.05) is 55.9 Å². The van der Waals surface area contributed by atoms with Crippen LogP contribution in [0.5, 0.6) is 0 Å². The van der Waals surface area contributed by atoms with Gasteiger partial charge in [-0.3, -0.25) is 14.2 Å². The Morgan fingerprint density at radius 2 is 1.75 bits per heavy atom. The van der Waals surface area contributed by atoms with Crippen LogP contribution in [0.1, 0.15) is 45.2 Å². The van der Waals surface area contributed by atoms with E-state index in [2.05, 4.69) is 24.1 Å². The molecule has 1 amide bonds. The molecule has 1 heterocycles. The summed E-state index contributed by atoms with van der Waals surface area (Å²) in [5.74, 6) is 0.387. The zero-order valence-electron chi connectivity index (χ0n) is 16.6. The van der Waals surface area contributed by atoms with Gasteiger partial charge in [-0.05, 0) is 43.5 Å². The van der Waals surface area contributed by atoms with Crippen molar-refractivity contribution in [3.63, 3.8) is 0 Å². The highest BCUT2D eigenvalue weighted by Gasteiger charge is 2.16. The lowest BCUT2D eigenvalue weighted by Gasteiger charge is -2.16. The van der Waals surface area contributed by atoms with E-state index in [1.165, 1.54) is 11.8 Å². The van der Waals surface area contributed by atoms with Gasteiger partial charge in [0, 0.05) is 11.7 Å². The average Bonchev–Trinajstić information content (AvgIpc) is 2.66. The van der Waals surface area contributed by atoms with E-state index in [1.54, 1.807) is 10.6 Å². The third-order valence-electron chi connectivity index (χ3n) is 4.48. The molecule has 146 valence electrons. The van der Waals surface area contributed by atoms with Gasteiger partial charge in [0.2, 0.25) is 5.91 Å². The minimum absolute atomic E-state index is 0.0446. The second kappa shape index (κ2) is 8.61. The molecule has 2 aromatic carbocycles. The molecule has 0 aliphatic heterocycles. The van der Waals surface area contributed by atoms with Gasteiger partial charge in [0.15, 0.2) is 5.16 Å². The summed E-state index contributed by atoms with van der Waals surface area (Å²) in [5, 5.41) is 4.14. The zero-order chi connectivity index (χ0) is 20.3. The van der Waals surface area contributed by atoms with Gasteiger partial charge in [0.1, 0.15) is 0 Å². The lowest BCUT2D eigenvalue weighted by atomic mass is 10.0. The number of rotatable bonds is 6. The molecule has 1 aromatic heterocycles. The Kier molecular flexibility index (Phi) is 6.19. The molecule has 0 radical (unpaired) electrons. The van der Waals surface area contributed by atoms with Crippen LogP contribution in [0.2, 0.25) is 0 Å². The Bertz CT molecular complexity index is 1060. The van der Waals surface area contributed by atoms with Crippen LogP contribution in [0.4, 0.5) is 5.69 Å². The molecule has 1 N–H and O–H groups in total. The fourth-order valence-electron chi connectivity index (χ4n) is 3.11. The molecule has 0 aliphatic carbocycles. The summed E-state index contributed by atoms with van der Waals surface area (Å²) in [5.41, 5.74) is 2.51. The van der Waals surface area contributed by atoms with Crippen LogP contribution >= 0.6 is 11.8 Å². The molecule has 6 heteroatoms. The molecule has 0 aliphatic rings. The Labute approximate surface area is 169 Å². The smallest absolute Gasteiger partial charge is 0.262 e. The van der Waals surface area contributed by atoms with Crippen LogP contribution in [0.15, 0.2) is 58.5 Å². The van der Waals surface area contributed by atoms with Crippen LogP contribution in [0.3, 0.4) is 0 Å². The maximum Gasteiger partial charge on any atom is 0.262 e. The Morgan fingerprint density at radius 3 is 2.46 bits per heavy atom. The summed E-state index contributed by atoms with van der Waals surface area (Å²) in [6, 6.07) is 15.1. The summed E-state index contributed by atoms with van der Waals surface area (Å²) in [7, 11) is 0. The maximum atomic E-state index is 12.9. The first-order valence-corrected chi connectivity index (χ1v) is 10.4. The van der Waals surface area contributed by atoms with Crippen LogP contribution in [0.25, 0.3) is 10.9 Å². The van der Waals surface area contributed by atoms with E-state index in [9.17, 15) is 9.59 Å². The van der Waals surface area contributed by atoms with E-state index in [0.29, 0.717) is 22.0 Å². The van der Waals surface area contributed by atoms with E-state index in [4.69, 9.17) is 0 Å². The van der Waals surface area contributed by atoms with Crippen molar-refractivity contribution in [2.45, 2.75) is 44.8 Å². The van der Waals surface area contributed by atoms with Crippen molar-refractivity contribution in [2.75, 3.05) is 11.1 Å². The van der Waals surface area contributed by atoms with Crippen LogP contribution in [-0.2, 0) is 4.79 Å². The molecular weight excluding hydrogens is 370 g/mol. The number of hydrogen-bond acceptors (Lipinski definition) is 4. The number of carbonyl (C=O) groups excluding carboxylic acids is 1. The Hall–Kier alpha value is -2.60. The predicted molar refractivity (Wildman–Crippen MR) is 116 cm³/mol. The molecule has 3 aromatic rings. The summed E-state index contributed by atoms with van der Waals surface area (Å²) in [6.07, 6.45) is 0. The van der Waals surface area contributed by atoms with E-state index in [1.807, 2.05) is 56.3 Å². The second-order valence-corrected chi connectivity index (χ2v) is 8.20. The average molecular weight is 396 g/mol. The second-order valence-electron chi connectivity index (χ2n) is 7.26. The lowest BCUT2D eigenvalue weighted by molar-refractivity contribution is -0.113. The topological polar surface area (TPSA) is 64.0 Å². The molecule has 0 fully saturated rings. The van der Waals surface area contributed by atoms with Crippen molar-refractivity contribution in [1.29, 1.82) is 0 Å². The highest BCUT2D eigenvalue weighted by atomic mass is 32.2. The van der Waals surface area contributed by atoms with Crippen molar-refractivity contribution in [3.8, 4) is 0 Å². The van der Waals surface area contributed by atoms with E-state index in [-0.39, 0.29) is 23.3 Å². The van der Waals surface area contributed by atoms with Gasteiger partial charge in [-0.15, -0.1) is 0 Å². The van der Waals surface area contributed by atoms with Crippen molar-refractivity contribution < 1.29 is 4.79 Å². The number of nitrogens with zero attached hydrogens (tertiary/aromatic N) is 2. The number of hydrogen-bond donors (Lipinski definition) is 1. The van der Waals surface area contributed by atoms with Gasteiger partial charge in [-0.25, -0.2) is 4.98 Å². The third kappa shape index (κ3) is 4.28. The van der Waals surface area contributed by atoms with Gasteiger partial charge in [-0.2, -0.15) is 0 Å². The molecule has 0 saturated carbocycles. The maximum absolute atomic E-state index is 12.9. The minimum atomic E-state index is -0.115. The fourth-order valence-corrected chi connectivity index (χ4v) is 4.04. The van der Waals surface area contributed by atoms with E-state index in [0.717, 1.165) is 11.3 Å². The Balaban J connectivity index is 1.83. The number of anilines is 1. The van der Waals surface area contributed by atoms with Gasteiger partial charge >= 0.3 is 0 Å². The van der Waals surface area contributed by atoms with Crippen LogP contribution < -0.4 is 10.9 Å². The number of benzene rings is 2. The number of amides is 1. The summed E-state index contributed by atoms with van der Waals surface area (Å²) < 4.78 is 1.66. The number of para-hydroxylation sites is 2. The SMILES string of the molecule is CC(C)c1ccccc1NC(=O)CSc1nc2ccccc2c(=O)n1C(C)C. The molecule has 3 rings (SSSR count). The fraction of sp³-hybridized carbons (Fsp3) is 0.318. The van der Waals surface area contributed by atoms with Gasteiger partial charge in [0.05, 0.1) is 16.7 Å². The lowest BCUT2D eigenvalue weighted by Crippen LogP contribution is -2.25. The van der Waals surface area contributed by atoms with Crippen LogP contribution in [-0.4, -0.2) is 21.2 Å². The first kappa shape index (κ1) is 20.1. The molecule has 5 nitrogen and oxygen atoms in total. The number of nitrogens with one attached hydrogen (secondary N) is 1. The van der Waals surface area contributed by atoms with Gasteiger partial charge < -0.3 is 5.32 Å². The first-order chi connectivity index (χ1) is 13.4. The van der Waals surface area contributed by atoms with E-state index < -0.39 is 0 Å². The minimum Gasteiger partial charge on any atom is -0.325 e. The third-order valence-corrected chi connectivity index (χ3v) is 5.43.